The van der Waals surface area contributed by atoms with E-state index in [4.69, 9.17) is 9.47 Å². The number of aromatic nitrogens is 2. The van der Waals surface area contributed by atoms with Crippen LogP contribution in [0.5, 0.6) is 11.5 Å². The van der Waals surface area contributed by atoms with Crippen LogP contribution in [-0.4, -0.2) is 47.9 Å². The molecule has 1 aromatic heterocycles. The van der Waals surface area contributed by atoms with Gasteiger partial charge in [0.25, 0.3) is 11.5 Å². The first kappa shape index (κ1) is 19.4. The molecule has 0 spiro atoms. The van der Waals surface area contributed by atoms with Crippen molar-refractivity contribution in [1.82, 2.24) is 14.7 Å². The lowest BCUT2D eigenvalue weighted by atomic mass is 10.1. The zero-order valence-electron chi connectivity index (χ0n) is 16.4. The molecular weight excluding hydrogens is 358 g/mol. The average Bonchev–Trinajstić information content (AvgIpc) is 2.74. The van der Waals surface area contributed by atoms with Crippen LogP contribution in [0.4, 0.5) is 0 Å². The van der Waals surface area contributed by atoms with E-state index in [2.05, 4.69) is 5.10 Å². The zero-order chi connectivity index (χ0) is 20.3. The van der Waals surface area contributed by atoms with Gasteiger partial charge in [0.15, 0.2) is 5.69 Å². The van der Waals surface area contributed by atoms with Crippen LogP contribution in [0.1, 0.15) is 24.3 Å². The quantitative estimate of drug-likeness (QED) is 0.656. The van der Waals surface area contributed by atoms with Gasteiger partial charge in [0.05, 0.1) is 25.3 Å². The highest BCUT2D eigenvalue weighted by Gasteiger charge is 2.21. The number of hydrogen-bond acceptors (Lipinski definition) is 5. The van der Waals surface area contributed by atoms with Crippen LogP contribution in [0, 0.1) is 0 Å². The summed E-state index contributed by atoms with van der Waals surface area (Å²) in [4.78, 5) is 27.8. The highest BCUT2D eigenvalue weighted by atomic mass is 16.5. The molecule has 0 aliphatic heterocycles. The van der Waals surface area contributed by atoms with Crippen LogP contribution in [0.3, 0.4) is 0 Å². The number of carbonyl (C=O) groups is 1. The Morgan fingerprint density at radius 3 is 2.11 bits per heavy atom. The van der Waals surface area contributed by atoms with E-state index in [0.717, 1.165) is 0 Å². The highest BCUT2D eigenvalue weighted by Crippen LogP contribution is 2.25. The molecule has 3 aromatic rings. The third kappa shape index (κ3) is 3.43. The monoisotopic (exact) mass is 381 g/mol. The van der Waals surface area contributed by atoms with Crippen LogP contribution in [0.15, 0.2) is 47.3 Å². The van der Waals surface area contributed by atoms with Crippen molar-refractivity contribution < 1.29 is 14.3 Å². The largest absolute Gasteiger partial charge is 0.497 e. The molecule has 0 atom stereocenters. The van der Waals surface area contributed by atoms with Crippen molar-refractivity contribution in [2.75, 3.05) is 27.3 Å². The first-order chi connectivity index (χ1) is 13.5. The fourth-order valence-corrected chi connectivity index (χ4v) is 3.10. The molecule has 0 aliphatic carbocycles. The third-order valence-electron chi connectivity index (χ3n) is 4.64. The molecule has 7 heteroatoms. The number of carbonyl (C=O) groups excluding carboxylic acids is 1. The Labute approximate surface area is 163 Å². The lowest BCUT2D eigenvalue weighted by Gasteiger charge is -2.20. The summed E-state index contributed by atoms with van der Waals surface area (Å²) < 4.78 is 11.8. The van der Waals surface area contributed by atoms with Crippen molar-refractivity contribution in [2.24, 2.45) is 0 Å². The number of rotatable bonds is 6. The van der Waals surface area contributed by atoms with Gasteiger partial charge in [-0.25, -0.2) is 0 Å². The highest BCUT2D eigenvalue weighted by molar-refractivity contribution is 6.04. The number of methoxy groups -OCH3 is 2. The molecule has 2 aromatic carbocycles. The van der Waals surface area contributed by atoms with Crippen LogP contribution in [0.2, 0.25) is 0 Å². The number of ether oxygens (including phenoxy) is 2. The summed E-state index contributed by atoms with van der Waals surface area (Å²) in [5.74, 6) is 0.825. The molecule has 0 fully saturated rings. The van der Waals surface area contributed by atoms with Gasteiger partial charge in [-0.1, -0.05) is 18.2 Å². The standard InChI is InChI=1S/C21H23N3O4/c1-5-23(6-2)21(26)19-17-9-7-8-10-18(17)20(25)24(22-19)14-11-15(27-3)13-16(12-14)28-4/h7-13H,5-6H2,1-4H3. The lowest BCUT2D eigenvalue weighted by molar-refractivity contribution is 0.0767. The third-order valence-corrected chi connectivity index (χ3v) is 4.64. The van der Waals surface area contributed by atoms with E-state index in [1.165, 1.54) is 18.9 Å². The summed E-state index contributed by atoms with van der Waals surface area (Å²) in [5, 5.41) is 5.40. The maximum Gasteiger partial charge on any atom is 0.279 e. The fourth-order valence-electron chi connectivity index (χ4n) is 3.10. The second-order valence-corrected chi connectivity index (χ2v) is 6.16. The number of hydrogen-bond donors (Lipinski definition) is 0. The van der Waals surface area contributed by atoms with Crippen molar-refractivity contribution in [2.45, 2.75) is 13.8 Å². The van der Waals surface area contributed by atoms with Gasteiger partial charge >= 0.3 is 0 Å². The molecular formula is C21H23N3O4. The molecule has 0 unspecified atom stereocenters. The minimum atomic E-state index is -0.318. The zero-order valence-corrected chi connectivity index (χ0v) is 16.4. The molecule has 0 N–H and O–H groups in total. The topological polar surface area (TPSA) is 73.7 Å². The molecule has 1 amide bonds. The minimum Gasteiger partial charge on any atom is -0.497 e. The van der Waals surface area contributed by atoms with Crippen LogP contribution >= 0.6 is 0 Å². The maximum absolute atomic E-state index is 13.1. The summed E-state index contributed by atoms with van der Waals surface area (Å²) >= 11 is 0. The van der Waals surface area contributed by atoms with Gasteiger partial charge in [-0.3, -0.25) is 9.59 Å². The number of fused-ring (bicyclic) bond motifs is 1. The number of amides is 1. The van der Waals surface area contributed by atoms with Crippen molar-refractivity contribution in [3.8, 4) is 17.2 Å². The molecule has 28 heavy (non-hydrogen) atoms. The Morgan fingerprint density at radius 1 is 1.00 bits per heavy atom. The second kappa shape index (κ2) is 8.12. The summed E-state index contributed by atoms with van der Waals surface area (Å²) in [7, 11) is 3.06. The van der Waals surface area contributed by atoms with E-state index in [1.54, 1.807) is 47.4 Å². The van der Waals surface area contributed by atoms with Crippen molar-refractivity contribution in [3.05, 3.63) is 58.5 Å². The summed E-state index contributed by atoms with van der Waals surface area (Å²) in [6, 6.07) is 12.1. The number of benzene rings is 2. The smallest absolute Gasteiger partial charge is 0.279 e. The summed E-state index contributed by atoms with van der Waals surface area (Å²) in [6.07, 6.45) is 0. The van der Waals surface area contributed by atoms with Gasteiger partial charge in [0.2, 0.25) is 0 Å². The Balaban J connectivity index is 2.32. The second-order valence-electron chi connectivity index (χ2n) is 6.16. The first-order valence-corrected chi connectivity index (χ1v) is 9.08. The SMILES string of the molecule is CCN(CC)C(=O)c1nn(-c2cc(OC)cc(OC)c2)c(=O)c2ccccc12. The van der Waals surface area contributed by atoms with E-state index >= 15 is 0 Å². The lowest BCUT2D eigenvalue weighted by Crippen LogP contribution is -2.34. The number of nitrogens with zero attached hydrogens (tertiary/aromatic N) is 3. The maximum atomic E-state index is 13.1. The Bertz CT molecular complexity index is 1050. The molecule has 7 nitrogen and oxygen atoms in total. The average molecular weight is 381 g/mol. The van der Waals surface area contributed by atoms with Crippen LogP contribution in [-0.2, 0) is 0 Å². The van der Waals surface area contributed by atoms with Gasteiger partial charge in [-0.05, 0) is 19.9 Å². The van der Waals surface area contributed by atoms with Crippen molar-refractivity contribution in [3.63, 3.8) is 0 Å². The summed E-state index contributed by atoms with van der Waals surface area (Å²) in [6.45, 7) is 4.92. The van der Waals surface area contributed by atoms with Gasteiger partial charge in [-0.2, -0.15) is 9.78 Å². The molecule has 0 saturated heterocycles. The fraction of sp³-hybridized carbons (Fsp3) is 0.286. The molecule has 0 aliphatic rings. The van der Waals surface area contributed by atoms with Crippen LogP contribution in [0.25, 0.3) is 16.5 Å². The Kier molecular flexibility index (Phi) is 5.63. The Morgan fingerprint density at radius 2 is 1.57 bits per heavy atom. The molecule has 0 radical (unpaired) electrons. The molecule has 1 heterocycles. The predicted molar refractivity (Wildman–Crippen MR) is 108 cm³/mol. The van der Waals surface area contributed by atoms with Gasteiger partial charge in [0, 0.05) is 36.7 Å². The minimum absolute atomic E-state index is 0.218. The molecule has 3 rings (SSSR count). The first-order valence-electron chi connectivity index (χ1n) is 9.08. The van der Waals surface area contributed by atoms with E-state index in [-0.39, 0.29) is 17.2 Å². The van der Waals surface area contributed by atoms with Gasteiger partial charge in [-0.15, -0.1) is 0 Å². The van der Waals surface area contributed by atoms with Crippen LogP contribution < -0.4 is 15.0 Å². The molecule has 146 valence electrons. The van der Waals surface area contributed by atoms with E-state index in [1.807, 2.05) is 13.8 Å². The Hall–Kier alpha value is -3.35. The van der Waals surface area contributed by atoms with E-state index in [0.29, 0.717) is 41.0 Å². The van der Waals surface area contributed by atoms with E-state index in [9.17, 15) is 9.59 Å². The van der Waals surface area contributed by atoms with Crippen molar-refractivity contribution >= 4 is 16.7 Å². The predicted octanol–water partition coefficient (Wildman–Crippen LogP) is 2.88. The van der Waals surface area contributed by atoms with Gasteiger partial charge < -0.3 is 14.4 Å². The molecule has 0 saturated carbocycles. The van der Waals surface area contributed by atoms with E-state index < -0.39 is 0 Å². The summed E-state index contributed by atoms with van der Waals surface area (Å²) in [5.41, 5.74) is 0.378. The van der Waals surface area contributed by atoms with Crippen molar-refractivity contribution in [1.29, 1.82) is 0 Å². The molecule has 0 bridgehead atoms. The van der Waals surface area contributed by atoms with Gasteiger partial charge in [0.1, 0.15) is 11.5 Å². The normalized spacial score (nSPS) is 10.7.